The number of hydrazine groups is 1. The van der Waals surface area contributed by atoms with Gasteiger partial charge in [0.2, 0.25) is 10.0 Å². The van der Waals surface area contributed by atoms with Crippen molar-refractivity contribution in [2.75, 3.05) is 37.1 Å². The van der Waals surface area contributed by atoms with E-state index in [-0.39, 0.29) is 25.2 Å². The van der Waals surface area contributed by atoms with Crippen molar-refractivity contribution in [3.63, 3.8) is 0 Å². The van der Waals surface area contributed by atoms with E-state index < -0.39 is 21.8 Å². The van der Waals surface area contributed by atoms with Gasteiger partial charge in [-0.05, 0) is 23.8 Å². The second kappa shape index (κ2) is 7.57. The first-order valence-corrected chi connectivity index (χ1v) is 9.91. The number of benzene rings is 1. The molecule has 154 valence electrons. The second-order valence-corrected chi connectivity index (χ2v) is 8.11. The number of pyridine rings is 1. The number of halogens is 3. The van der Waals surface area contributed by atoms with Gasteiger partial charge in [0.05, 0.1) is 11.3 Å². The first-order chi connectivity index (χ1) is 13.1. The van der Waals surface area contributed by atoms with Crippen molar-refractivity contribution in [2.24, 2.45) is 0 Å². The average Bonchev–Trinajstić information content (AvgIpc) is 3.02. The molecule has 1 aromatic carbocycles. The van der Waals surface area contributed by atoms with Crippen molar-refractivity contribution >= 4 is 21.5 Å². The molecule has 11 heteroatoms. The number of hydrogen-bond donors (Lipinski definition) is 2. The van der Waals surface area contributed by atoms with Gasteiger partial charge in [0, 0.05) is 41.4 Å². The maximum atomic E-state index is 12.8. The lowest BCUT2D eigenvalue weighted by Crippen LogP contribution is -2.34. The van der Waals surface area contributed by atoms with Gasteiger partial charge in [0.25, 0.3) is 0 Å². The molecule has 0 saturated carbocycles. The van der Waals surface area contributed by atoms with Crippen molar-refractivity contribution in [1.29, 1.82) is 0 Å². The first kappa shape index (κ1) is 20.4. The van der Waals surface area contributed by atoms with Crippen molar-refractivity contribution < 1.29 is 23.0 Å². The fourth-order valence-electron chi connectivity index (χ4n) is 2.93. The Bertz CT molecular complexity index is 972. The van der Waals surface area contributed by atoms with Gasteiger partial charge < -0.3 is 9.91 Å². The Hall–Kier alpha value is -2.37. The summed E-state index contributed by atoms with van der Waals surface area (Å²) in [6.07, 6.45) is -3.39. The molecule has 0 atom stereocenters. The summed E-state index contributed by atoms with van der Waals surface area (Å²) in [7, 11) is -0.502. The van der Waals surface area contributed by atoms with E-state index in [4.69, 9.17) is 0 Å². The van der Waals surface area contributed by atoms with E-state index in [2.05, 4.69) is 15.1 Å². The molecular formula is C17H22F3N5O2S. The first-order valence-electron chi connectivity index (χ1n) is 8.43. The summed E-state index contributed by atoms with van der Waals surface area (Å²) in [4.78, 5) is 5.53. The normalized spacial score (nSPS) is 14.2. The summed E-state index contributed by atoms with van der Waals surface area (Å²) < 4.78 is 66.3. The summed E-state index contributed by atoms with van der Waals surface area (Å²) in [6, 6.07) is 6.85. The van der Waals surface area contributed by atoms with Crippen molar-refractivity contribution in [3.8, 4) is 0 Å². The zero-order chi connectivity index (χ0) is 20.5. The van der Waals surface area contributed by atoms with E-state index in [1.807, 2.05) is 6.07 Å². The summed E-state index contributed by atoms with van der Waals surface area (Å²) in [5.74, 6) is 0.110. The SMILES string of the molecule is CN(CCNS(=O)(=O)c1cccc2c1N(C)NC2)c1cc(C(F)(F)F)ccn1.[HH]. The van der Waals surface area contributed by atoms with Gasteiger partial charge in [-0.25, -0.2) is 23.5 Å². The van der Waals surface area contributed by atoms with Crippen LogP contribution in [0.4, 0.5) is 24.7 Å². The Labute approximate surface area is 162 Å². The number of nitrogens with zero attached hydrogens (tertiary/aromatic N) is 3. The molecule has 28 heavy (non-hydrogen) atoms. The van der Waals surface area contributed by atoms with E-state index in [1.165, 1.54) is 11.0 Å². The molecule has 1 aliphatic rings. The summed E-state index contributed by atoms with van der Waals surface area (Å²) in [6.45, 7) is 0.702. The Morgan fingerprint density at radius 3 is 2.82 bits per heavy atom. The largest absolute Gasteiger partial charge is 0.416 e. The van der Waals surface area contributed by atoms with Gasteiger partial charge >= 0.3 is 6.18 Å². The minimum Gasteiger partial charge on any atom is -0.358 e. The van der Waals surface area contributed by atoms with Crippen molar-refractivity contribution in [2.45, 2.75) is 17.6 Å². The van der Waals surface area contributed by atoms with Crippen LogP contribution in [0.2, 0.25) is 0 Å². The van der Waals surface area contributed by atoms with Crippen LogP contribution < -0.4 is 20.1 Å². The standard InChI is InChI=1S/C17H20F3N5O2S.H2/c1-24(15-10-13(6-7-21-15)17(18,19)20)9-8-23-28(26,27)14-5-3-4-12-11-22-25(2)16(12)14;/h3-7,10,22-23H,8-9,11H2,1-2H3;1H. The summed E-state index contributed by atoms with van der Waals surface area (Å²) in [5, 5.41) is 1.66. The van der Waals surface area contributed by atoms with Gasteiger partial charge in [0.15, 0.2) is 0 Å². The van der Waals surface area contributed by atoms with Crippen LogP contribution in [-0.2, 0) is 22.7 Å². The molecular weight excluding hydrogens is 395 g/mol. The predicted molar refractivity (Wildman–Crippen MR) is 101 cm³/mol. The van der Waals surface area contributed by atoms with E-state index in [9.17, 15) is 21.6 Å². The maximum Gasteiger partial charge on any atom is 0.416 e. The highest BCUT2D eigenvalue weighted by molar-refractivity contribution is 7.89. The lowest BCUT2D eigenvalue weighted by atomic mass is 10.2. The Balaban J connectivity index is 0.00000300. The molecule has 0 aliphatic carbocycles. The number of nitrogens with one attached hydrogen (secondary N) is 2. The molecule has 0 amide bonds. The molecule has 0 unspecified atom stereocenters. The minimum absolute atomic E-state index is 0. The molecule has 0 saturated heterocycles. The van der Waals surface area contributed by atoms with Crippen LogP contribution in [-0.4, -0.2) is 40.6 Å². The van der Waals surface area contributed by atoms with Gasteiger partial charge in [-0.1, -0.05) is 12.1 Å². The lowest BCUT2D eigenvalue weighted by molar-refractivity contribution is -0.137. The number of likely N-dealkylation sites (N-methyl/N-ethyl adjacent to an activating group) is 1. The van der Waals surface area contributed by atoms with Crippen LogP contribution in [0.5, 0.6) is 0 Å². The van der Waals surface area contributed by atoms with Crippen LogP contribution in [0.25, 0.3) is 0 Å². The third-order valence-electron chi connectivity index (χ3n) is 4.42. The van der Waals surface area contributed by atoms with Gasteiger partial charge in [-0.2, -0.15) is 13.2 Å². The molecule has 7 nitrogen and oxygen atoms in total. The van der Waals surface area contributed by atoms with Gasteiger partial charge in [0.1, 0.15) is 10.7 Å². The molecule has 3 rings (SSSR count). The minimum atomic E-state index is -4.46. The third kappa shape index (κ3) is 4.21. The topological polar surface area (TPSA) is 77.6 Å². The number of aromatic nitrogens is 1. The molecule has 1 aliphatic heterocycles. The molecule has 0 spiro atoms. The van der Waals surface area contributed by atoms with Gasteiger partial charge in [-0.15, -0.1) is 0 Å². The van der Waals surface area contributed by atoms with Crippen LogP contribution in [0.15, 0.2) is 41.4 Å². The Morgan fingerprint density at radius 2 is 2.11 bits per heavy atom. The quantitative estimate of drug-likeness (QED) is 0.751. The molecule has 2 heterocycles. The molecule has 2 aromatic rings. The number of sulfonamides is 1. The molecule has 0 bridgehead atoms. The number of anilines is 2. The number of fused-ring (bicyclic) bond motifs is 1. The highest BCUT2D eigenvalue weighted by Gasteiger charge is 2.31. The second-order valence-electron chi connectivity index (χ2n) is 6.38. The van der Waals surface area contributed by atoms with E-state index in [0.29, 0.717) is 12.2 Å². The molecule has 0 radical (unpaired) electrons. The summed E-state index contributed by atoms with van der Waals surface area (Å²) in [5.41, 5.74) is 3.70. The Morgan fingerprint density at radius 1 is 1.36 bits per heavy atom. The van der Waals surface area contributed by atoms with E-state index in [1.54, 1.807) is 25.2 Å². The summed E-state index contributed by atoms with van der Waals surface area (Å²) >= 11 is 0. The van der Waals surface area contributed by atoms with Crippen LogP contribution in [0.1, 0.15) is 12.6 Å². The number of alkyl halides is 3. The van der Waals surface area contributed by atoms with Crippen LogP contribution >= 0.6 is 0 Å². The van der Waals surface area contributed by atoms with E-state index in [0.717, 1.165) is 23.9 Å². The van der Waals surface area contributed by atoms with Crippen molar-refractivity contribution in [3.05, 3.63) is 47.7 Å². The number of hydrogen-bond acceptors (Lipinski definition) is 6. The van der Waals surface area contributed by atoms with Crippen LogP contribution in [0.3, 0.4) is 0 Å². The Kier molecular flexibility index (Phi) is 5.50. The third-order valence-corrected chi connectivity index (χ3v) is 5.91. The lowest BCUT2D eigenvalue weighted by Gasteiger charge is -2.20. The highest BCUT2D eigenvalue weighted by Crippen LogP contribution is 2.32. The number of para-hydroxylation sites is 1. The van der Waals surface area contributed by atoms with E-state index >= 15 is 0 Å². The van der Waals surface area contributed by atoms with Gasteiger partial charge in [-0.3, -0.25) is 0 Å². The zero-order valence-corrected chi connectivity index (χ0v) is 16.1. The fourth-order valence-corrected chi connectivity index (χ4v) is 4.23. The smallest absolute Gasteiger partial charge is 0.358 e. The maximum absolute atomic E-state index is 12.8. The molecule has 2 N–H and O–H groups in total. The predicted octanol–water partition coefficient (Wildman–Crippen LogP) is 2.22. The zero-order valence-electron chi connectivity index (χ0n) is 15.3. The van der Waals surface area contributed by atoms with Crippen molar-refractivity contribution in [1.82, 2.24) is 15.1 Å². The number of rotatable bonds is 6. The molecule has 1 aromatic heterocycles. The fraction of sp³-hybridized carbons (Fsp3) is 0.353. The highest BCUT2D eigenvalue weighted by atomic mass is 32.2. The monoisotopic (exact) mass is 417 g/mol. The van der Waals surface area contributed by atoms with Crippen LogP contribution in [0, 0.1) is 0 Å². The molecule has 0 fully saturated rings. The average molecular weight is 417 g/mol.